The Kier molecular flexibility index (Phi) is 3.92. The molecular formula is C14H19NO2. The van der Waals surface area contributed by atoms with Gasteiger partial charge in [-0.15, -0.1) is 0 Å². The lowest BCUT2D eigenvalue weighted by Gasteiger charge is -2.29. The van der Waals surface area contributed by atoms with E-state index < -0.39 is 0 Å². The van der Waals surface area contributed by atoms with E-state index in [0.29, 0.717) is 0 Å². The van der Waals surface area contributed by atoms with Crippen molar-refractivity contribution in [2.75, 3.05) is 13.1 Å². The zero-order chi connectivity index (χ0) is 12.3. The van der Waals surface area contributed by atoms with Gasteiger partial charge in [-0.25, -0.2) is 0 Å². The fourth-order valence-electron chi connectivity index (χ4n) is 2.32. The van der Waals surface area contributed by atoms with Crippen molar-refractivity contribution in [1.82, 2.24) is 4.90 Å². The molecule has 92 valence electrons. The van der Waals surface area contributed by atoms with Gasteiger partial charge in [-0.2, -0.15) is 0 Å². The molecule has 0 bridgehead atoms. The van der Waals surface area contributed by atoms with E-state index in [0.717, 1.165) is 43.6 Å². The summed E-state index contributed by atoms with van der Waals surface area (Å²) in [6.45, 7) is 4.24. The molecule has 0 radical (unpaired) electrons. The first-order valence-electron chi connectivity index (χ1n) is 6.16. The number of rotatable bonds is 3. The number of hydrogen-bond donors (Lipinski definition) is 1. The Hall–Kier alpha value is -1.19. The second kappa shape index (κ2) is 5.43. The van der Waals surface area contributed by atoms with Crippen molar-refractivity contribution in [3.8, 4) is 0 Å². The van der Waals surface area contributed by atoms with Crippen LogP contribution in [-0.4, -0.2) is 35.0 Å². The lowest BCUT2D eigenvalue weighted by molar-refractivity contribution is 0.0788. The molecule has 3 nitrogen and oxygen atoms in total. The van der Waals surface area contributed by atoms with Gasteiger partial charge in [0.05, 0.1) is 6.10 Å². The fourth-order valence-corrected chi connectivity index (χ4v) is 2.32. The molecule has 0 saturated carbocycles. The van der Waals surface area contributed by atoms with Gasteiger partial charge in [-0.3, -0.25) is 9.69 Å². The van der Waals surface area contributed by atoms with Crippen LogP contribution < -0.4 is 0 Å². The average Bonchev–Trinajstić information content (AvgIpc) is 2.32. The van der Waals surface area contributed by atoms with E-state index in [1.807, 2.05) is 24.3 Å². The number of nitrogens with zero attached hydrogens (tertiary/aromatic N) is 1. The van der Waals surface area contributed by atoms with Gasteiger partial charge in [-0.1, -0.05) is 24.3 Å². The largest absolute Gasteiger partial charge is 0.393 e. The van der Waals surface area contributed by atoms with Crippen molar-refractivity contribution in [3.05, 3.63) is 35.4 Å². The number of ketones is 1. The van der Waals surface area contributed by atoms with E-state index in [2.05, 4.69) is 4.90 Å². The average molecular weight is 233 g/mol. The predicted octanol–water partition coefficient (Wildman–Crippen LogP) is 1.85. The lowest BCUT2D eigenvalue weighted by atomic mass is 10.0. The zero-order valence-corrected chi connectivity index (χ0v) is 10.2. The molecule has 0 aliphatic carbocycles. The highest BCUT2D eigenvalue weighted by Crippen LogP contribution is 2.16. The molecule has 1 aromatic carbocycles. The van der Waals surface area contributed by atoms with Crippen LogP contribution in [0.1, 0.15) is 35.7 Å². The van der Waals surface area contributed by atoms with Crippen molar-refractivity contribution < 1.29 is 9.90 Å². The number of carbonyl (C=O) groups excluding carboxylic acids is 1. The van der Waals surface area contributed by atoms with Gasteiger partial charge >= 0.3 is 0 Å². The Morgan fingerprint density at radius 2 is 2.00 bits per heavy atom. The van der Waals surface area contributed by atoms with Crippen LogP contribution in [-0.2, 0) is 6.54 Å². The molecule has 1 aliphatic rings. The molecule has 3 heteroatoms. The van der Waals surface area contributed by atoms with Crippen molar-refractivity contribution in [3.63, 3.8) is 0 Å². The second-order valence-corrected chi connectivity index (χ2v) is 4.72. The molecule has 1 aromatic rings. The number of benzene rings is 1. The van der Waals surface area contributed by atoms with Crippen LogP contribution in [0.4, 0.5) is 0 Å². The highest BCUT2D eigenvalue weighted by Gasteiger charge is 2.18. The van der Waals surface area contributed by atoms with E-state index in [9.17, 15) is 9.90 Å². The molecule has 1 saturated heterocycles. The molecule has 0 spiro atoms. The van der Waals surface area contributed by atoms with Crippen LogP contribution in [0.2, 0.25) is 0 Å². The highest BCUT2D eigenvalue weighted by molar-refractivity contribution is 5.95. The van der Waals surface area contributed by atoms with E-state index in [-0.39, 0.29) is 11.9 Å². The molecule has 1 N–H and O–H groups in total. The minimum Gasteiger partial charge on any atom is -0.393 e. The van der Waals surface area contributed by atoms with E-state index in [1.54, 1.807) is 6.92 Å². The van der Waals surface area contributed by atoms with E-state index >= 15 is 0 Å². The predicted molar refractivity (Wildman–Crippen MR) is 67.0 cm³/mol. The van der Waals surface area contributed by atoms with Crippen molar-refractivity contribution >= 4 is 5.78 Å². The number of hydrogen-bond acceptors (Lipinski definition) is 3. The molecule has 0 atom stereocenters. The smallest absolute Gasteiger partial charge is 0.160 e. The van der Waals surface area contributed by atoms with Crippen LogP contribution >= 0.6 is 0 Å². The summed E-state index contributed by atoms with van der Waals surface area (Å²) in [6.07, 6.45) is 1.53. The van der Waals surface area contributed by atoms with Crippen molar-refractivity contribution in [2.24, 2.45) is 0 Å². The monoisotopic (exact) mass is 233 g/mol. The first-order valence-corrected chi connectivity index (χ1v) is 6.16. The standard InChI is InChI=1S/C14H19NO2/c1-11(16)14-5-3-2-4-12(14)10-15-8-6-13(17)7-9-15/h2-5,13,17H,6-10H2,1H3. The summed E-state index contributed by atoms with van der Waals surface area (Å²) in [5, 5.41) is 9.46. The zero-order valence-electron chi connectivity index (χ0n) is 10.2. The SMILES string of the molecule is CC(=O)c1ccccc1CN1CCC(O)CC1. The van der Waals surface area contributed by atoms with Crippen LogP contribution in [0.15, 0.2) is 24.3 Å². The van der Waals surface area contributed by atoms with Gasteiger partial charge in [0.15, 0.2) is 5.78 Å². The number of carbonyl (C=O) groups is 1. The Morgan fingerprint density at radius 3 is 2.65 bits per heavy atom. The summed E-state index contributed by atoms with van der Waals surface area (Å²) in [6, 6.07) is 7.78. The number of aliphatic hydroxyl groups is 1. The normalized spacial score (nSPS) is 18.2. The summed E-state index contributed by atoms with van der Waals surface area (Å²) in [5.41, 5.74) is 1.91. The topological polar surface area (TPSA) is 40.5 Å². The van der Waals surface area contributed by atoms with Gasteiger partial charge in [0.1, 0.15) is 0 Å². The van der Waals surface area contributed by atoms with Crippen molar-refractivity contribution in [2.45, 2.75) is 32.4 Å². The Labute approximate surface area is 102 Å². The van der Waals surface area contributed by atoms with Crippen LogP contribution in [0.5, 0.6) is 0 Å². The molecule has 0 unspecified atom stereocenters. The molecular weight excluding hydrogens is 214 g/mol. The molecule has 1 aliphatic heterocycles. The van der Waals surface area contributed by atoms with Crippen LogP contribution in [0.3, 0.4) is 0 Å². The summed E-state index contributed by atoms with van der Waals surface area (Å²) >= 11 is 0. The summed E-state index contributed by atoms with van der Waals surface area (Å²) < 4.78 is 0. The van der Waals surface area contributed by atoms with E-state index in [1.165, 1.54) is 0 Å². The molecule has 17 heavy (non-hydrogen) atoms. The Bertz CT molecular complexity index is 395. The maximum Gasteiger partial charge on any atom is 0.160 e. The number of aliphatic hydroxyl groups excluding tert-OH is 1. The third kappa shape index (κ3) is 3.14. The van der Waals surface area contributed by atoms with Gasteiger partial charge < -0.3 is 5.11 Å². The molecule has 2 rings (SSSR count). The van der Waals surface area contributed by atoms with Gasteiger partial charge in [-0.05, 0) is 25.3 Å². The quantitative estimate of drug-likeness (QED) is 0.810. The third-order valence-electron chi connectivity index (χ3n) is 3.35. The first-order chi connectivity index (χ1) is 8.16. The molecule has 1 heterocycles. The first kappa shape index (κ1) is 12.3. The maximum absolute atomic E-state index is 11.5. The highest BCUT2D eigenvalue weighted by atomic mass is 16.3. The Morgan fingerprint density at radius 1 is 1.35 bits per heavy atom. The number of piperidine rings is 1. The lowest BCUT2D eigenvalue weighted by Crippen LogP contribution is -2.35. The molecule has 1 fully saturated rings. The fraction of sp³-hybridized carbons (Fsp3) is 0.500. The summed E-state index contributed by atoms with van der Waals surface area (Å²) in [7, 11) is 0. The summed E-state index contributed by atoms with van der Waals surface area (Å²) in [4.78, 5) is 13.8. The van der Waals surface area contributed by atoms with Crippen molar-refractivity contribution in [1.29, 1.82) is 0 Å². The van der Waals surface area contributed by atoms with Crippen LogP contribution in [0, 0.1) is 0 Å². The molecule has 0 amide bonds. The van der Waals surface area contributed by atoms with Gasteiger partial charge in [0.2, 0.25) is 0 Å². The van der Waals surface area contributed by atoms with Gasteiger partial charge in [0.25, 0.3) is 0 Å². The maximum atomic E-state index is 11.5. The summed E-state index contributed by atoms with van der Waals surface area (Å²) in [5.74, 6) is 0.123. The molecule has 0 aromatic heterocycles. The third-order valence-corrected chi connectivity index (χ3v) is 3.35. The Balaban J connectivity index is 2.05. The van der Waals surface area contributed by atoms with Crippen LogP contribution in [0.25, 0.3) is 0 Å². The minimum absolute atomic E-state index is 0.123. The van der Waals surface area contributed by atoms with E-state index in [4.69, 9.17) is 0 Å². The number of likely N-dealkylation sites (tertiary alicyclic amines) is 1. The second-order valence-electron chi connectivity index (χ2n) is 4.72. The van der Waals surface area contributed by atoms with Gasteiger partial charge in [0, 0.05) is 25.2 Å². The number of Topliss-reactive ketones (excluding diaryl/α,β-unsaturated/α-hetero) is 1. The minimum atomic E-state index is -0.144.